The summed E-state index contributed by atoms with van der Waals surface area (Å²) in [4.78, 5) is 0. The summed E-state index contributed by atoms with van der Waals surface area (Å²) in [7, 11) is -12.2. The first-order valence-corrected chi connectivity index (χ1v) is 33.9. The maximum Gasteiger partial charge on any atom is 0.314 e. The van der Waals surface area contributed by atoms with E-state index in [0.29, 0.717) is 0 Å². The smallest absolute Gasteiger partial charge is 0.314 e. The molecule has 1 saturated heterocycles. The molecule has 0 N–H and O–H groups in total. The predicted octanol–water partition coefficient (Wildman–Crippen LogP) is 9.83. The molecule has 0 aromatic heterocycles. The van der Waals surface area contributed by atoms with Gasteiger partial charge in [-0.2, -0.15) is 0 Å². The Morgan fingerprint density at radius 1 is 0.455 bits per heavy atom. The highest BCUT2D eigenvalue weighted by molar-refractivity contribution is 7.44. The Balaban J connectivity index is -0.000000132. The van der Waals surface area contributed by atoms with Crippen molar-refractivity contribution in [3.63, 3.8) is 0 Å². The van der Waals surface area contributed by atoms with Crippen molar-refractivity contribution in [2.75, 3.05) is 0 Å². The highest BCUT2D eigenvalue weighted by Crippen LogP contribution is 2.30. The van der Waals surface area contributed by atoms with E-state index >= 15 is 0 Å². The highest BCUT2D eigenvalue weighted by atomic mass is 35.7. The summed E-state index contributed by atoms with van der Waals surface area (Å²) in [6, 6.07) is 0. The van der Waals surface area contributed by atoms with Crippen LogP contribution in [-0.2, 0) is 20.6 Å². The Hall–Kier alpha value is 2.48. The largest absolute Gasteiger partial charge is 0.433 e. The second kappa shape index (κ2) is 15.8. The summed E-state index contributed by atoms with van der Waals surface area (Å²) in [5.41, 5.74) is 0. The monoisotopic (exact) mass is 674 g/mol. The van der Waals surface area contributed by atoms with Gasteiger partial charge in [0.15, 0.2) is 0 Å². The predicted molar refractivity (Wildman–Crippen MR) is 171 cm³/mol. The first-order chi connectivity index (χ1) is 12.5. The molecule has 1 aliphatic rings. The molecule has 0 aliphatic carbocycles. The van der Waals surface area contributed by atoms with Crippen molar-refractivity contribution >= 4 is 101 Å². The van der Waals surface area contributed by atoms with Gasteiger partial charge in [-0.05, 0) is 91.7 Å². The van der Waals surface area contributed by atoms with Crippen molar-refractivity contribution < 1.29 is 20.6 Å². The van der Waals surface area contributed by atoms with E-state index in [1.54, 1.807) is 0 Å². The third kappa shape index (κ3) is 34.5. The number of halogens is 4. The second-order valence-corrected chi connectivity index (χ2v) is 45.3. The fourth-order valence-electron chi connectivity index (χ4n) is 3.03. The molecule has 5 nitrogen and oxygen atoms in total. The van der Waals surface area contributed by atoms with Gasteiger partial charge in [0.2, 0.25) is 6.69 Å². The molecule has 0 amide bonds. The van der Waals surface area contributed by atoms with Crippen LogP contribution in [0.3, 0.4) is 0 Å². The van der Waals surface area contributed by atoms with Gasteiger partial charge in [-0.1, -0.05) is 22.3 Å². The molecular weight excluding hydrogens is 623 g/mol. The van der Waals surface area contributed by atoms with Crippen molar-refractivity contribution in [2.45, 2.75) is 114 Å². The molecule has 0 aromatic carbocycles. The molecule has 0 atom stereocenters. The van der Waals surface area contributed by atoms with Crippen LogP contribution in [0.25, 0.3) is 0 Å². The lowest BCUT2D eigenvalue weighted by atomic mass is 11.9. The van der Waals surface area contributed by atoms with Gasteiger partial charge in [0.1, 0.15) is 0 Å². The normalized spacial score (nSPS) is 20.9. The van der Waals surface area contributed by atoms with Crippen LogP contribution in [0, 0.1) is 0 Å². The SMILES string of the molecule is C.C.C.C[Si](C)(Cl)Cl.C[Si](C)(Cl)O[Si](C)(C)Cl.C[Si]1(C)O[Si](C)(C)O[Si](C)(C)O[Si](C)(C)O1. The van der Waals surface area contributed by atoms with E-state index in [4.69, 9.17) is 64.9 Å². The second-order valence-electron chi connectivity index (χ2n) is 10.2. The lowest BCUT2D eigenvalue weighted by molar-refractivity contribution is 0.238. The van der Waals surface area contributed by atoms with E-state index in [1.165, 1.54) is 0 Å². The zero-order chi connectivity index (χ0) is 25.0. The molecule has 0 unspecified atom stereocenters. The molecule has 16 heteroatoms. The van der Waals surface area contributed by atoms with Crippen LogP contribution in [0.5, 0.6) is 0 Å². The van der Waals surface area contributed by atoms with Crippen molar-refractivity contribution in [1.82, 2.24) is 0 Å². The van der Waals surface area contributed by atoms with Crippen molar-refractivity contribution in [3.05, 3.63) is 0 Å². The lowest BCUT2D eigenvalue weighted by Crippen LogP contribution is -2.64. The van der Waals surface area contributed by atoms with Gasteiger partial charge in [0.25, 0.3) is 15.3 Å². The van der Waals surface area contributed by atoms with Crippen LogP contribution in [0.15, 0.2) is 0 Å². The van der Waals surface area contributed by atoms with Gasteiger partial charge < -0.3 is 20.6 Å². The summed E-state index contributed by atoms with van der Waals surface area (Å²) in [5, 5.41) is 0. The number of hydrogen-bond acceptors (Lipinski definition) is 5. The van der Waals surface area contributed by atoms with E-state index in [9.17, 15) is 0 Å². The van der Waals surface area contributed by atoms with Gasteiger partial charge in [-0.3, -0.25) is 0 Å². The van der Waals surface area contributed by atoms with Crippen LogP contribution in [0.2, 0.25) is 91.7 Å². The number of rotatable bonds is 2. The standard InChI is InChI=1S/C8H24O4Si4.C4H12Cl2OSi2.C2H6Cl2Si.3CH4/c1-13(2)9-14(3,4)11-16(7,8)12-15(5,6)10-13;1-8(2,5)7-9(3,4)6;1-5(2,3)4;;;/h1-8H3;1-4H3;1-2H3;3*1H4. The molecule has 1 aliphatic heterocycles. The van der Waals surface area contributed by atoms with Crippen LogP contribution in [-0.4, -0.2) is 56.2 Å². The Kier molecular flexibility index (Phi) is 21.7. The summed E-state index contributed by atoms with van der Waals surface area (Å²) >= 11 is 22.6. The van der Waals surface area contributed by atoms with Gasteiger partial charge in [0, 0.05) is 0 Å². The van der Waals surface area contributed by atoms with E-state index < -0.39 is 56.2 Å². The molecule has 0 spiro atoms. The molecule has 208 valence electrons. The van der Waals surface area contributed by atoms with Crippen LogP contribution < -0.4 is 0 Å². The minimum absolute atomic E-state index is 0. The maximum atomic E-state index is 6.16. The molecule has 1 heterocycles. The first kappa shape index (κ1) is 45.4. The zero-order valence-electron chi connectivity index (χ0n) is 21.1. The third-order valence-electron chi connectivity index (χ3n) is 2.45. The summed E-state index contributed by atoms with van der Waals surface area (Å²) < 4.78 is 30.1. The first-order valence-electron chi connectivity index (χ1n) is 9.80. The number of hydrogen-bond donors (Lipinski definition) is 0. The molecule has 1 rings (SSSR count). The van der Waals surface area contributed by atoms with Gasteiger partial charge in [-0.25, -0.2) is 0 Å². The van der Waals surface area contributed by atoms with Crippen molar-refractivity contribution in [3.8, 4) is 0 Å². The Morgan fingerprint density at radius 2 is 0.576 bits per heavy atom. The fraction of sp³-hybridized carbons (Fsp3) is 1.00. The van der Waals surface area contributed by atoms with E-state index in [1.807, 2.05) is 39.3 Å². The maximum absolute atomic E-state index is 6.16. The van der Waals surface area contributed by atoms with Gasteiger partial charge >= 0.3 is 34.2 Å². The zero-order valence-corrected chi connectivity index (χ0v) is 31.1. The van der Waals surface area contributed by atoms with Crippen molar-refractivity contribution in [1.29, 1.82) is 0 Å². The summed E-state index contributed by atoms with van der Waals surface area (Å²) in [6.45, 7) is 26.3. The molecule has 33 heavy (non-hydrogen) atoms. The van der Waals surface area contributed by atoms with Crippen molar-refractivity contribution in [2.24, 2.45) is 0 Å². The Labute approximate surface area is 233 Å². The minimum Gasteiger partial charge on any atom is -0.433 e. The highest BCUT2D eigenvalue weighted by Gasteiger charge is 2.50. The fourth-order valence-corrected chi connectivity index (χ4v) is 32.6. The lowest BCUT2D eigenvalue weighted by Gasteiger charge is -2.46. The summed E-state index contributed by atoms with van der Waals surface area (Å²) in [6.07, 6.45) is 0. The Morgan fingerprint density at radius 3 is 0.636 bits per heavy atom. The Bertz CT molecular complexity index is 445. The molecule has 0 bridgehead atoms. The van der Waals surface area contributed by atoms with Gasteiger partial charge in [-0.15, -0.1) is 44.3 Å². The molecule has 1 fully saturated rings. The third-order valence-corrected chi connectivity index (χ3v) is 23.5. The molecule has 0 radical (unpaired) electrons. The van der Waals surface area contributed by atoms with Crippen LogP contribution >= 0.6 is 44.3 Å². The average Bonchev–Trinajstić information content (AvgIpc) is 2.09. The topological polar surface area (TPSA) is 46.2 Å². The van der Waals surface area contributed by atoms with Crippen LogP contribution in [0.4, 0.5) is 0 Å². The average molecular weight is 677 g/mol. The van der Waals surface area contributed by atoms with E-state index in [2.05, 4.69) is 52.4 Å². The minimum atomic E-state index is -2.11. The van der Waals surface area contributed by atoms with E-state index in [-0.39, 0.29) is 22.3 Å². The van der Waals surface area contributed by atoms with E-state index in [0.717, 1.165) is 0 Å². The molecule has 0 aromatic rings. The quantitative estimate of drug-likeness (QED) is 0.215. The molecular formula is C17H54Cl4O5Si7. The molecule has 0 saturated carbocycles. The summed E-state index contributed by atoms with van der Waals surface area (Å²) in [5.74, 6) is 0. The van der Waals surface area contributed by atoms with Gasteiger partial charge in [0.05, 0.1) is 0 Å². The van der Waals surface area contributed by atoms with Crippen LogP contribution in [0.1, 0.15) is 22.3 Å².